The van der Waals surface area contributed by atoms with Crippen molar-refractivity contribution in [3.63, 3.8) is 0 Å². The Morgan fingerprint density at radius 2 is 2.31 bits per heavy atom. The van der Waals surface area contributed by atoms with E-state index in [4.69, 9.17) is 5.26 Å². The van der Waals surface area contributed by atoms with E-state index in [2.05, 4.69) is 30.2 Å². The zero-order valence-corrected chi connectivity index (χ0v) is 10.2. The fourth-order valence-corrected chi connectivity index (χ4v) is 1.62. The number of aromatic nitrogens is 1. The van der Waals surface area contributed by atoms with Crippen LogP contribution >= 0.6 is 0 Å². The van der Waals surface area contributed by atoms with Gasteiger partial charge in [-0.3, -0.25) is 0 Å². The van der Waals surface area contributed by atoms with Crippen molar-refractivity contribution in [1.82, 2.24) is 4.98 Å². The summed E-state index contributed by atoms with van der Waals surface area (Å²) in [6.07, 6.45) is 5.24. The monoisotopic (exact) mass is 217 g/mol. The SMILES string of the molecule is CCCCC(C)Nc1nccc(C)c1C#N. The van der Waals surface area contributed by atoms with Gasteiger partial charge in [0.15, 0.2) is 0 Å². The average molecular weight is 217 g/mol. The van der Waals surface area contributed by atoms with E-state index in [9.17, 15) is 0 Å². The molecule has 0 aliphatic heterocycles. The van der Waals surface area contributed by atoms with E-state index in [0.717, 1.165) is 12.0 Å². The van der Waals surface area contributed by atoms with Crippen LogP contribution in [0.4, 0.5) is 5.82 Å². The predicted octanol–water partition coefficient (Wildman–Crippen LogP) is 3.25. The lowest BCUT2D eigenvalue weighted by Gasteiger charge is -2.15. The van der Waals surface area contributed by atoms with Crippen LogP contribution in [0.15, 0.2) is 12.3 Å². The van der Waals surface area contributed by atoms with Crippen molar-refractivity contribution >= 4 is 5.82 Å². The van der Waals surface area contributed by atoms with Gasteiger partial charge in [0.25, 0.3) is 0 Å². The van der Waals surface area contributed by atoms with Gasteiger partial charge >= 0.3 is 0 Å². The van der Waals surface area contributed by atoms with Crippen molar-refractivity contribution in [3.05, 3.63) is 23.4 Å². The number of rotatable bonds is 5. The molecule has 0 saturated heterocycles. The minimum absolute atomic E-state index is 0.362. The van der Waals surface area contributed by atoms with E-state index < -0.39 is 0 Å². The minimum atomic E-state index is 0.362. The highest BCUT2D eigenvalue weighted by Crippen LogP contribution is 2.17. The zero-order valence-electron chi connectivity index (χ0n) is 10.2. The van der Waals surface area contributed by atoms with Crippen molar-refractivity contribution in [1.29, 1.82) is 5.26 Å². The van der Waals surface area contributed by atoms with Gasteiger partial charge in [-0.25, -0.2) is 4.98 Å². The highest BCUT2D eigenvalue weighted by atomic mass is 15.0. The summed E-state index contributed by atoms with van der Waals surface area (Å²) < 4.78 is 0. The number of unbranched alkanes of at least 4 members (excludes halogenated alkanes) is 1. The van der Waals surface area contributed by atoms with Gasteiger partial charge in [0, 0.05) is 12.2 Å². The number of nitrogens with zero attached hydrogens (tertiary/aromatic N) is 2. The van der Waals surface area contributed by atoms with Crippen LogP contribution in [0.1, 0.15) is 44.2 Å². The number of aryl methyl sites for hydroxylation is 1. The summed E-state index contributed by atoms with van der Waals surface area (Å²) in [5, 5.41) is 12.4. The third-order valence-electron chi connectivity index (χ3n) is 2.64. The highest BCUT2D eigenvalue weighted by molar-refractivity contribution is 5.55. The molecule has 1 heterocycles. The Balaban J connectivity index is 2.74. The van der Waals surface area contributed by atoms with Gasteiger partial charge in [0.05, 0.1) is 5.56 Å². The number of hydrogen-bond acceptors (Lipinski definition) is 3. The molecule has 1 atom stereocenters. The molecule has 3 nitrogen and oxygen atoms in total. The van der Waals surface area contributed by atoms with Crippen LogP contribution in [0.25, 0.3) is 0 Å². The van der Waals surface area contributed by atoms with E-state index in [-0.39, 0.29) is 0 Å². The Bertz CT molecular complexity index is 379. The first kappa shape index (κ1) is 12.5. The summed E-state index contributed by atoms with van der Waals surface area (Å²) in [4.78, 5) is 4.22. The van der Waals surface area contributed by atoms with Gasteiger partial charge in [0.1, 0.15) is 11.9 Å². The Morgan fingerprint density at radius 3 is 2.94 bits per heavy atom. The summed E-state index contributed by atoms with van der Waals surface area (Å²) in [5.41, 5.74) is 1.63. The first-order valence-corrected chi connectivity index (χ1v) is 5.81. The quantitative estimate of drug-likeness (QED) is 0.823. The van der Waals surface area contributed by atoms with E-state index in [1.165, 1.54) is 12.8 Å². The van der Waals surface area contributed by atoms with E-state index >= 15 is 0 Å². The smallest absolute Gasteiger partial charge is 0.144 e. The molecule has 1 N–H and O–H groups in total. The van der Waals surface area contributed by atoms with Crippen molar-refractivity contribution in [3.8, 4) is 6.07 Å². The Kier molecular flexibility index (Phi) is 4.78. The molecule has 1 rings (SSSR count). The lowest BCUT2D eigenvalue weighted by molar-refractivity contribution is 0.643. The zero-order chi connectivity index (χ0) is 12.0. The molecule has 0 radical (unpaired) electrons. The molecule has 0 aliphatic rings. The van der Waals surface area contributed by atoms with E-state index in [1.54, 1.807) is 6.20 Å². The van der Waals surface area contributed by atoms with Gasteiger partial charge in [-0.05, 0) is 31.9 Å². The highest BCUT2D eigenvalue weighted by Gasteiger charge is 2.08. The molecule has 0 saturated carbocycles. The second-order valence-electron chi connectivity index (χ2n) is 4.15. The normalized spacial score (nSPS) is 11.9. The summed E-state index contributed by atoms with van der Waals surface area (Å²) >= 11 is 0. The third kappa shape index (κ3) is 3.23. The first-order valence-electron chi connectivity index (χ1n) is 5.81. The van der Waals surface area contributed by atoms with Crippen LogP contribution in [0.2, 0.25) is 0 Å². The number of hydrogen-bond donors (Lipinski definition) is 1. The molecular weight excluding hydrogens is 198 g/mol. The molecule has 0 spiro atoms. The van der Waals surface area contributed by atoms with Crippen molar-refractivity contribution in [2.45, 2.75) is 46.1 Å². The number of pyridine rings is 1. The van der Waals surface area contributed by atoms with Gasteiger partial charge < -0.3 is 5.32 Å². The lowest BCUT2D eigenvalue weighted by Crippen LogP contribution is -2.17. The Morgan fingerprint density at radius 1 is 1.56 bits per heavy atom. The van der Waals surface area contributed by atoms with Crippen molar-refractivity contribution in [2.75, 3.05) is 5.32 Å². The van der Waals surface area contributed by atoms with E-state index in [0.29, 0.717) is 17.4 Å². The molecule has 0 aromatic carbocycles. The molecule has 0 amide bonds. The topological polar surface area (TPSA) is 48.7 Å². The second-order valence-corrected chi connectivity index (χ2v) is 4.15. The largest absolute Gasteiger partial charge is 0.367 e. The van der Waals surface area contributed by atoms with E-state index in [1.807, 2.05) is 13.0 Å². The van der Waals surface area contributed by atoms with Crippen LogP contribution in [-0.2, 0) is 0 Å². The standard InChI is InChI=1S/C13H19N3/c1-4-5-6-11(3)16-13-12(9-14)10(2)7-8-15-13/h7-8,11H,4-6H2,1-3H3,(H,15,16). The number of anilines is 1. The maximum atomic E-state index is 9.06. The van der Waals surface area contributed by atoms with Gasteiger partial charge in [-0.1, -0.05) is 19.8 Å². The fraction of sp³-hybridized carbons (Fsp3) is 0.538. The molecule has 0 bridgehead atoms. The van der Waals surface area contributed by atoms with Crippen LogP contribution in [0.3, 0.4) is 0 Å². The molecule has 86 valence electrons. The molecule has 1 aromatic heterocycles. The summed E-state index contributed by atoms with van der Waals surface area (Å²) in [7, 11) is 0. The molecule has 16 heavy (non-hydrogen) atoms. The second kappa shape index (κ2) is 6.12. The maximum absolute atomic E-state index is 9.06. The third-order valence-corrected chi connectivity index (χ3v) is 2.64. The van der Waals surface area contributed by atoms with Crippen LogP contribution < -0.4 is 5.32 Å². The maximum Gasteiger partial charge on any atom is 0.144 e. The van der Waals surface area contributed by atoms with Gasteiger partial charge in [0.2, 0.25) is 0 Å². The minimum Gasteiger partial charge on any atom is -0.367 e. The molecule has 0 fully saturated rings. The molecule has 1 unspecified atom stereocenters. The summed E-state index contributed by atoms with van der Waals surface area (Å²) in [5.74, 6) is 0.714. The van der Waals surface area contributed by atoms with Crippen LogP contribution in [0.5, 0.6) is 0 Å². The van der Waals surface area contributed by atoms with Crippen molar-refractivity contribution in [2.24, 2.45) is 0 Å². The van der Waals surface area contributed by atoms with Crippen molar-refractivity contribution < 1.29 is 0 Å². The molecular formula is C13H19N3. The number of nitriles is 1. The molecule has 1 aromatic rings. The molecule has 3 heteroatoms. The fourth-order valence-electron chi connectivity index (χ4n) is 1.62. The van der Waals surface area contributed by atoms with Crippen LogP contribution in [0, 0.1) is 18.3 Å². The predicted molar refractivity (Wildman–Crippen MR) is 66.3 cm³/mol. The van der Waals surface area contributed by atoms with Gasteiger partial charge in [-0.15, -0.1) is 0 Å². The lowest BCUT2D eigenvalue weighted by atomic mass is 10.1. The summed E-state index contributed by atoms with van der Waals surface area (Å²) in [6.45, 7) is 6.24. The first-order chi connectivity index (χ1) is 7.69. The Hall–Kier alpha value is -1.56. The number of nitrogens with one attached hydrogen (secondary N) is 1. The summed E-state index contributed by atoms with van der Waals surface area (Å²) in [6, 6.07) is 4.42. The average Bonchev–Trinajstić information content (AvgIpc) is 2.27. The van der Waals surface area contributed by atoms with Gasteiger partial charge in [-0.2, -0.15) is 5.26 Å². The Labute approximate surface area is 97.5 Å². The van der Waals surface area contributed by atoms with Crippen LogP contribution in [-0.4, -0.2) is 11.0 Å². The molecule has 0 aliphatic carbocycles.